The predicted octanol–water partition coefficient (Wildman–Crippen LogP) is 7.50. The van der Waals surface area contributed by atoms with Gasteiger partial charge in [0.1, 0.15) is 12.4 Å². The minimum Gasteiger partial charge on any atom is -0.497 e. The van der Waals surface area contributed by atoms with Crippen LogP contribution < -0.4 is 5.32 Å². The Morgan fingerprint density at radius 2 is 1.75 bits per heavy atom. The van der Waals surface area contributed by atoms with Crippen LogP contribution in [0.3, 0.4) is 0 Å². The Morgan fingerprint density at radius 1 is 1.14 bits per heavy atom. The fourth-order valence-electron chi connectivity index (χ4n) is 3.63. The Labute approximate surface area is 219 Å². The van der Waals surface area contributed by atoms with Crippen molar-refractivity contribution in [1.82, 2.24) is 5.32 Å². The first-order valence-electron chi connectivity index (χ1n) is 12.8. The summed E-state index contributed by atoms with van der Waals surface area (Å²) < 4.78 is 10.1. The van der Waals surface area contributed by atoms with Crippen molar-refractivity contribution in [3.8, 4) is 0 Å². The quantitative estimate of drug-likeness (QED) is 0.0573. The lowest BCUT2D eigenvalue weighted by Crippen LogP contribution is -2.27. The second-order valence-corrected chi connectivity index (χ2v) is 8.90. The van der Waals surface area contributed by atoms with Crippen LogP contribution in [-0.4, -0.2) is 31.1 Å². The first-order valence-corrected chi connectivity index (χ1v) is 12.8. The van der Waals surface area contributed by atoms with Crippen LogP contribution in [0.5, 0.6) is 0 Å². The highest BCUT2D eigenvalue weighted by Crippen LogP contribution is 2.15. The molecule has 0 unspecified atom stereocenters. The molecule has 0 atom stereocenters. The molecular formula is C30H48N2O4. The molecule has 0 saturated heterocycles. The summed E-state index contributed by atoms with van der Waals surface area (Å²) in [7, 11) is 1.51. The van der Waals surface area contributed by atoms with Crippen molar-refractivity contribution in [2.24, 2.45) is 0 Å². The van der Waals surface area contributed by atoms with E-state index < -0.39 is 0 Å². The van der Waals surface area contributed by atoms with Crippen LogP contribution >= 0.6 is 0 Å². The number of hydrogen-bond donors (Lipinski definition) is 2. The fourth-order valence-corrected chi connectivity index (χ4v) is 3.63. The molecule has 1 heterocycles. The van der Waals surface area contributed by atoms with Crippen LogP contribution in [-0.2, 0) is 19.1 Å². The maximum atomic E-state index is 12.2. The van der Waals surface area contributed by atoms with Gasteiger partial charge in [-0.1, -0.05) is 57.1 Å². The summed E-state index contributed by atoms with van der Waals surface area (Å²) in [5.41, 5.74) is 6.42. The number of hydrogen-bond acceptors (Lipinski definition) is 5. The first-order chi connectivity index (χ1) is 17.2. The molecule has 2 N–H and O–H groups in total. The highest BCUT2D eigenvalue weighted by atomic mass is 16.5. The van der Waals surface area contributed by atoms with E-state index in [1.165, 1.54) is 12.7 Å². The lowest BCUT2D eigenvalue weighted by atomic mass is 10.0. The zero-order chi connectivity index (χ0) is 27.3. The van der Waals surface area contributed by atoms with Gasteiger partial charge in [-0.15, -0.1) is 0 Å². The Balaban J connectivity index is 0. The van der Waals surface area contributed by atoms with Crippen molar-refractivity contribution in [1.29, 1.82) is 5.41 Å². The van der Waals surface area contributed by atoms with E-state index in [1.54, 1.807) is 27.0 Å². The average Bonchev–Trinajstić information content (AvgIpc) is 2.85. The number of Topliss-reactive ketones (excluding diaryl/α,β-unsaturated/α-hetero) is 1. The van der Waals surface area contributed by atoms with Crippen LogP contribution in [0.1, 0.15) is 93.3 Å². The molecule has 0 aromatic rings. The van der Waals surface area contributed by atoms with E-state index in [2.05, 4.69) is 37.2 Å². The molecule has 0 aromatic carbocycles. The standard InChI is InChI=1S/C23H36N2O3.C7H10O.H2/c1-7-21(28-6)19(4)23(20(5)24)25-22(27)15-13-11-9-8-10-12-14-17(2)16-18(3)26;1-2-7-3-5-8-6-4-7;/h24H,1-2,8-16H2,3-6H3,(H,25,27);3-5H,2,6H2,1H3;1H/b23-19-,24-20?;;. The molecule has 0 fully saturated rings. The number of rotatable bonds is 16. The van der Waals surface area contributed by atoms with E-state index in [1.807, 2.05) is 6.08 Å². The molecule has 0 aromatic heterocycles. The Bertz CT molecular complexity index is 893. The number of carbonyl (C=O) groups excluding carboxylic acids is 2. The van der Waals surface area contributed by atoms with Gasteiger partial charge in [-0.2, -0.15) is 0 Å². The van der Waals surface area contributed by atoms with Crippen molar-refractivity contribution in [3.63, 3.8) is 0 Å². The molecule has 1 rings (SSSR count). The number of allylic oxidation sites excluding steroid dienone is 5. The van der Waals surface area contributed by atoms with E-state index >= 15 is 0 Å². The molecule has 0 saturated carbocycles. The summed E-state index contributed by atoms with van der Waals surface area (Å²) in [5.74, 6) is 0.502. The molecule has 6 nitrogen and oxygen atoms in total. The lowest BCUT2D eigenvalue weighted by molar-refractivity contribution is -0.120. The largest absolute Gasteiger partial charge is 0.497 e. The first kappa shape index (κ1) is 32.9. The number of carbonyl (C=O) groups is 2. The van der Waals surface area contributed by atoms with Gasteiger partial charge in [0.25, 0.3) is 0 Å². The van der Waals surface area contributed by atoms with Gasteiger partial charge in [0.05, 0.1) is 24.8 Å². The van der Waals surface area contributed by atoms with Crippen LogP contribution in [0.2, 0.25) is 0 Å². The van der Waals surface area contributed by atoms with Crippen molar-refractivity contribution in [2.45, 2.75) is 91.9 Å². The zero-order valence-corrected chi connectivity index (χ0v) is 23.1. The smallest absolute Gasteiger partial charge is 0.224 e. The summed E-state index contributed by atoms with van der Waals surface area (Å²) in [6.45, 7) is 15.4. The van der Waals surface area contributed by atoms with Crippen molar-refractivity contribution < 1.29 is 20.5 Å². The van der Waals surface area contributed by atoms with E-state index in [-0.39, 0.29) is 18.8 Å². The minimum atomic E-state index is -0.0963. The number of nitrogens with one attached hydrogen (secondary N) is 2. The van der Waals surface area contributed by atoms with Crippen molar-refractivity contribution in [2.75, 3.05) is 13.7 Å². The van der Waals surface area contributed by atoms with Crippen LogP contribution in [0.25, 0.3) is 0 Å². The number of methoxy groups -OCH3 is 1. The van der Waals surface area contributed by atoms with Gasteiger partial charge >= 0.3 is 0 Å². The highest BCUT2D eigenvalue weighted by molar-refractivity contribution is 6.00. The van der Waals surface area contributed by atoms with Gasteiger partial charge in [-0.05, 0) is 64.2 Å². The van der Waals surface area contributed by atoms with Gasteiger partial charge in [0, 0.05) is 19.8 Å². The number of ketones is 1. The van der Waals surface area contributed by atoms with Crippen LogP contribution in [0.4, 0.5) is 0 Å². The van der Waals surface area contributed by atoms with Crippen LogP contribution in [0, 0.1) is 5.41 Å². The van der Waals surface area contributed by atoms with Crippen molar-refractivity contribution >= 4 is 17.4 Å². The number of ether oxygens (including phenoxy) is 2. The Hall–Kier alpha value is -3.11. The molecular weight excluding hydrogens is 452 g/mol. The molecule has 6 heteroatoms. The summed E-state index contributed by atoms with van der Waals surface area (Å²) >= 11 is 0. The lowest BCUT2D eigenvalue weighted by Gasteiger charge is -2.13. The molecule has 0 bridgehead atoms. The molecule has 0 radical (unpaired) electrons. The third-order valence-corrected chi connectivity index (χ3v) is 5.63. The Kier molecular flexibility index (Phi) is 18.4. The molecule has 0 spiro atoms. The number of unbranched alkanes of at least 4 members (excludes halogenated alkanes) is 5. The molecule has 1 amide bonds. The second-order valence-electron chi connectivity index (χ2n) is 8.90. The second kappa shape index (κ2) is 20.1. The van der Waals surface area contributed by atoms with E-state index in [0.717, 1.165) is 63.5 Å². The average molecular weight is 501 g/mol. The summed E-state index contributed by atoms with van der Waals surface area (Å²) in [4.78, 5) is 23.2. The normalized spacial score (nSPS) is 12.5. The van der Waals surface area contributed by atoms with Crippen molar-refractivity contribution in [3.05, 3.63) is 65.5 Å². The third kappa shape index (κ3) is 15.7. The van der Waals surface area contributed by atoms with Gasteiger partial charge in [-0.25, -0.2) is 0 Å². The third-order valence-electron chi connectivity index (χ3n) is 5.63. The van der Waals surface area contributed by atoms with E-state index in [9.17, 15) is 9.59 Å². The molecule has 202 valence electrons. The molecule has 1 aliphatic rings. The molecule has 0 aliphatic carbocycles. The van der Waals surface area contributed by atoms with Gasteiger partial charge < -0.3 is 20.2 Å². The minimum absolute atomic E-state index is 0. The SMILES string of the molecule is C=C=C(OC)/C(C)=C(\NC(=O)CCCCCCCCC(=C)CC(C)=O)C(C)=N.CCC1=CCOC=C1.[HH]. The monoisotopic (exact) mass is 500 g/mol. The molecule has 36 heavy (non-hydrogen) atoms. The maximum Gasteiger partial charge on any atom is 0.224 e. The topological polar surface area (TPSA) is 88.5 Å². The Morgan fingerprint density at radius 3 is 2.19 bits per heavy atom. The molecule has 1 aliphatic heterocycles. The summed E-state index contributed by atoms with van der Waals surface area (Å²) in [6.07, 6.45) is 15.0. The zero-order valence-electron chi connectivity index (χ0n) is 23.1. The highest BCUT2D eigenvalue weighted by Gasteiger charge is 2.13. The van der Waals surface area contributed by atoms with Gasteiger partial charge in [-0.3, -0.25) is 9.59 Å². The number of amides is 1. The predicted molar refractivity (Wildman–Crippen MR) is 151 cm³/mol. The van der Waals surface area contributed by atoms with Gasteiger partial charge in [0.15, 0.2) is 5.76 Å². The van der Waals surface area contributed by atoms with Gasteiger partial charge in [0.2, 0.25) is 5.91 Å². The van der Waals surface area contributed by atoms with E-state index in [0.29, 0.717) is 29.9 Å². The fraction of sp³-hybridized carbons (Fsp3) is 0.533. The maximum absolute atomic E-state index is 12.2. The summed E-state index contributed by atoms with van der Waals surface area (Å²) in [5, 5.41) is 10.7. The van der Waals surface area contributed by atoms with E-state index in [4.69, 9.17) is 14.9 Å². The summed E-state index contributed by atoms with van der Waals surface area (Å²) in [6, 6.07) is 0. The van der Waals surface area contributed by atoms with Crippen LogP contribution in [0.15, 0.2) is 65.5 Å².